The molecule has 0 saturated heterocycles. The first-order chi connectivity index (χ1) is 6.05. The Balaban J connectivity index is 2.54. The third-order valence-electron chi connectivity index (χ3n) is 2.66. The van der Waals surface area contributed by atoms with Crippen LogP contribution < -0.4 is 5.32 Å². The van der Waals surface area contributed by atoms with Gasteiger partial charge in [-0.25, -0.2) is 8.42 Å². The molecular weight excluding hydrogens is 186 g/mol. The summed E-state index contributed by atoms with van der Waals surface area (Å²) in [4.78, 5) is 0. The molecule has 0 aromatic rings. The van der Waals surface area contributed by atoms with Crippen molar-refractivity contribution in [3.63, 3.8) is 0 Å². The number of rotatable bonds is 4. The van der Waals surface area contributed by atoms with Gasteiger partial charge in [-0.1, -0.05) is 13.3 Å². The normalized spacial score (nSPS) is 29.4. The predicted octanol–water partition coefficient (Wildman–Crippen LogP) is 0.952. The zero-order valence-corrected chi connectivity index (χ0v) is 9.23. The summed E-state index contributed by atoms with van der Waals surface area (Å²) < 4.78 is 22.7. The standard InChI is InChI=1S/C9H19NO2S/c1-3-7-10-8-5-4-6-9(8)13(2,11)12/h8-10H,3-7H2,1-2H3. The van der Waals surface area contributed by atoms with Crippen LogP contribution in [-0.2, 0) is 9.84 Å². The summed E-state index contributed by atoms with van der Waals surface area (Å²) in [7, 11) is -2.84. The Labute approximate surface area is 80.8 Å². The van der Waals surface area contributed by atoms with Crippen molar-refractivity contribution in [1.29, 1.82) is 0 Å². The van der Waals surface area contributed by atoms with Crippen LogP contribution in [0, 0.1) is 0 Å². The quantitative estimate of drug-likeness (QED) is 0.743. The Morgan fingerprint density at radius 1 is 1.38 bits per heavy atom. The summed E-state index contributed by atoms with van der Waals surface area (Å²) in [6.45, 7) is 3.02. The molecule has 0 aliphatic heterocycles. The monoisotopic (exact) mass is 205 g/mol. The van der Waals surface area contributed by atoms with E-state index in [0.29, 0.717) is 0 Å². The predicted molar refractivity (Wildman–Crippen MR) is 54.6 cm³/mol. The number of hydrogen-bond acceptors (Lipinski definition) is 3. The van der Waals surface area contributed by atoms with Gasteiger partial charge in [-0.15, -0.1) is 0 Å². The summed E-state index contributed by atoms with van der Waals surface area (Å²) in [5.41, 5.74) is 0. The summed E-state index contributed by atoms with van der Waals surface area (Å²) in [6.07, 6.45) is 5.30. The number of sulfone groups is 1. The van der Waals surface area contributed by atoms with Gasteiger partial charge in [-0.05, 0) is 25.8 Å². The van der Waals surface area contributed by atoms with Crippen LogP contribution in [0.15, 0.2) is 0 Å². The molecule has 1 aliphatic rings. The third-order valence-corrected chi connectivity index (χ3v) is 4.32. The highest BCUT2D eigenvalue weighted by Crippen LogP contribution is 2.24. The Morgan fingerprint density at radius 2 is 2.08 bits per heavy atom. The topological polar surface area (TPSA) is 46.2 Å². The molecule has 3 nitrogen and oxygen atoms in total. The maximum atomic E-state index is 11.4. The van der Waals surface area contributed by atoms with E-state index in [4.69, 9.17) is 0 Å². The zero-order valence-electron chi connectivity index (χ0n) is 8.41. The van der Waals surface area contributed by atoms with E-state index in [-0.39, 0.29) is 11.3 Å². The molecule has 13 heavy (non-hydrogen) atoms. The minimum Gasteiger partial charge on any atom is -0.313 e. The van der Waals surface area contributed by atoms with Gasteiger partial charge in [-0.2, -0.15) is 0 Å². The Kier molecular flexibility index (Phi) is 3.74. The Hall–Kier alpha value is -0.0900. The highest BCUT2D eigenvalue weighted by atomic mass is 32.2. The molecule has 4 heteroatoms. The van der Waals surface area contributed by atoms with Crippen LogP contribution >= 0.6 is 0 Å². The first-order valence-corrected chi connectivity index (χ1v) is 6.93. The molecule has 1 rings (SSSR count). The molecule has 1 fully saturated rings. The molecule has 1 aliphatic carbocycles. The van der Waals surface area contributed by atoms with Gasteiger partial charge < -0.3 is 5.32 Å². The fraction of sp³-hybridized carbons (Fsp3) is 1.00. The molecule has 2 unspecified atom stereocenters. The van der Waals surface area contributed by atoms with Gasteiger partial charge in [0.25, 0.3) is 0 Å². The van der Waals surface area contributed by atoms with Crippen molar-refractivity contribution < 1.29 is 8.42 Å². The molecule has 0 radical (unpaired) electrons. The average Bonchev–Trinajstić information content (AvgIpc) is 2.47. The van der Waals surface area contributed by atoms with Crippen molar-refractivity contribution in [3.8, 4) is 0 Å². The fourth-order valence-corrected chi connectivity index (χ4v) is 3.43. The molecule has 2 atom stereocenters. The van der Waals surface area contributed by atoms with Crippen molar-refractivity contribution in [2.45, 2.75) is 43.9 Å². The fourth-order valence-electron chi connectivity index (χ4n) is 2.00. The SMILES string of the molecule is CCCNC1CCCC1S(C)(=O)=O. The van der Waals surface area contributed by atoms with Gasteiger partial charge >= 0.3 is 0 Å². The Morgan fingerprint density at radius 3 is 2.62 bits per heavy atom. The second-order valence-electron chi connectivity index (χ2n) is 3.86. The lowest BCUT2D eigenvalue weighted by molar-refractivity contribution is 0.507. The maximum absolute atomic E-state index is 11.4. The lowest BCUT2D eigenvalue weighted by Gasteiger charge is -2.18. The van der Waals surface area contributed by atoms with Crippen LogP contribution in [0.4, 0.5) is 0 Å². The summed E-state index contributed by atoms with van der Waals surface area (Å²) in [5, 5.41) is 3.17. The van der Waals surface area contributed by atoms with Crippen LogP contribution in [0.5, 0.6) is 0 Å². The molecule has 0 aromatic heterocycles. The third kappa shape index (κ3) is 2.95. The van der Waals surface area contributed by atoms with Crippen LogP contribution in [-0.4, -0.2) is 32.5 Å². The summed E-state index contributed by atoms with van der Waals surface area (Å²) >= 11 is 0. The molecule has 0 bridgehead atoms. The smallest absolute Gasteiger partial charge is 0.151 e. The highest BCUT2D eigenvalue weighted by Gasteiger charge is 2.33. The summed E-state index contributed by atoms with van der Waals surface area (Å²) in [5.74, 6) is 0. The van der Waals surface area contributed by atoms with Crippen LogP contribution in [0.1, 0.15) is 32.6 Å². The number of nitrogens with one attached hydrogen (secondary N) is 1. The van der Waals surface area contributed by atoms with Gasteiger partial charge in [0, 0.05) is 12.3 Å². The lowest BCUT2D eigenvalue weighted by atomic mass is 10.2. The van der Waals surface area contributed by atoms with Gasteiger partial charge in [0.1, 0.15) is 0 Å². The largest absolute Gasteiger partial charge is 0.313 e. The molecule has 0 heterocycles. The first-order valence-electron chi connectivity index (χ1n) is 4.98. The van der Waals surface area contributed by atoms with Crippen molar-refractivity contribution in [1.82, 2.24) is 5.32 Å². The van der Waals surface area contributed by atoms with E-state index in [1.54, 1.807) is 0 Å². The second kappa shape index (κ2) is 4.42. The first kappa shape index (κ1) is 11.0. The van der Waals surface area contributed by atoms with Gasteiger partial charge in [-0.3, -0.25) is 0 Å². The van der Waals surface area contributed by atoms with Crippen LogP contribution in [0.25, 0.3) is 0 Å². The van der Waals surface area contributed by atoms with E-state index in [1.165, 1.54) is 6.26 Å². The van der Waals surface area contributed by atoms with Crippen molar-refractivity contribution in [2.75, 3.05) is 12.8 Å². The van der Waals surface area contributed by atoms with E-state index < -0.39 is 9.84 Å². The van der Waals surface area contributed by atoms with E-state index in [9.17, 15) is 8.42 Å². The highest BCUT2D eigenvalue weighted by molar-refractivity contribution is 7.91. The number of hydrogen-bond donors (Lipinski definition) is 1. The molecule has 78 valence electrons. The van der Waals surface area contributed by atoms with E-state index in [0.717, 1.165) is 32.2 Å². The van der Waals surface area contributed by atoms with Crippen molar-refractivity contribution in [2.24, 2.45) is 0 Å². The van der Waals surface area contributed by atoms with Crippen LogP contribution in [0.2, 0.25) is 0 Å². The van der Waals surface area contributed by atoms with Gasteiger partial charge in [0.15, 0.2) is 9.84 Å². The average molecular weight is 205 g/mol. The minimum absolute atomic E-state index is 0.140. The second-order valence-corrected chi connectivity index (χ2v) is 6.12. The maximum Gasteiger partial charge on any atom is 0.151 e. The van der Waals surface area contributed by atoms with Crippen molar-refractivity contribution >= 4 is 9.84 Å². The minimum atomic E-state index is -2.84. The Bertz CT molecular complexity index is 248. The zero-order chi connectivity index (χ0) is 9.90. The molecule has 1 saturated carbocycles. The molecular formula is C9H19NO2S. The molecule has 1 N–H and O–H groups in total. The summed E-state index contributed by atoms with van der Waals surface area (Å²) in [6, 6.07) is 0.204. The lowest BCUT2D eigenvalue weighted by Crippen LogP contribution is -2.40. The van der Waals surface area contributed by atoms with E-state index in [1.807, 2.05) is 0 Å². The van der Waals surface area contributed by atoms with Gasteiger partial charge in [0.2, 0.25) is 0 Å². The molecule has 0 aromatic carbocycles. The van der Waals surface area contributed by atoms with Gasteiger partial charge in [0.05, 0.1) is 5.25 Å². The molecule has 0 spiro atoms. The molecule has 0 amide bonds. The van der Waals surface area contributed by atoms with E-state index in [2.05, 4.69) is 12.2 Å². The van der Waals surface area contributed by atoms with Crippen molar-refractivity contribution in [3.05, 3.63) is 0 Å². The van der Waals surface area contributed by atoms with E-state index >= 15 is 0 Å². The van der Waals surface area contributed by atoms with Crippen LogP contribution in [0.3, 0.4) is 0 Å².